The highest BCUT2D eigenvalue weighted by Crippen LogP contribution is 2.23. The van der Waals surface area contributed by atoms with Crippen LogP contribution in [0.3, 0.4) is 0 Å². The number of hydrogen-bond acceptors (Lipinski definition) is 3. The Bertz CT molecular complexity index is 519. The van der Waals surface area contributed by atoms with Crippen LogP contribution < -0.4 is 5.32 Å². The number of piperidine rings is 1. The third kappa shape index (κ3) is 3.38. The minimum atomic E-state index is -0.861. The fraction of sp³-hybridized carbons (Fsp3) is 0.385. The van der Waals surface area contributed by atoms with E-state index in [1.807, 2.05) is 12.1 Å². The van der Waals surface area contributed by atoms with Gasteiger partial charge in [0.1, 0.15) is 6.07 Å². The molecular formula is C13H14BrN3O2. The number of nitrogens with one attached hydrogen (secondary N) is 1. The number of benzene rings is 1. The Morgan fingerprint density at radius 2 is 2.16 bits per heavy atom. The Kier molecular flexibility index (Phi) is 4.27. The second-order valence-corrected chi connectivity index (χ2v) is 5.41. The first-order valence-electron chi connectivity index (χ1n) is 6.04. The van der Waals surface area contributed by atoms with Gasteiger partial charge < -0.3 is 15.3 Å². The van der Waals surface area contributed by atoms with Gasteiger partial charge in [-0.2, -0.15) is 5.26 Å². The largest absolute Gasteiger partial charge is 0.465 e. The molecule has 1 fully saturated rings. The van der Waals surface area contributed by atoms with E-state index in [0.29, 0.717) is 18.7 Å². The number of amides is 1. The first kappa shape index (κ1) is 13.7. The monoisotopic (exact) mass is 323 g/mol. The van der Waals surface area contributed by atoms with E-state index in [1.54, 1.807) is 6.07 Å². The molecule has 100 valence electrons. The van der Waals surface area contributed by atoms with Crippen molar-refractivity contribution in [1.29, 1.82) is 5.26 Å². The molecule has 19 heavy (non-hydrogen) atoms. The number of nitrogens with zero attached hydrogens (tertiary/aromatic N) is 2. The topological polar surface area (TPSA) is 76.4 Å². The van der Waals surface area contributed by atoms with Gasteiger partial charge in [-0.05, 0) is 31.0 Å². The number of hydrogen-bond donors (Lipinski definition) is 2. The van der Waals surface area contributed by atoms with E-state index in [0.717, 1.165) is 23.0 Å². The van der Waals surface area contributed by atoms with Crippen molar-refractivity contribution in [3.05, 3.63) is 28.2 Å². The molecule has 5 nitrogen and oxygen atoms in total. The first-order chi connectivity index (χ1) is 9.10. The second-order valence-electron chi connectivity index (χ2n) is 4.49. The molecule has 0 aliphatic carbocycles. The first-order valence-corrected chi connectivity index (χ1v) is 6.83. The highest BCUT2D eigenvalue weighted by Gasteiger charge is 2.22. The normalized spacial score (nSPS) is 15.9. The van der Waals surface area contributed by atoms with Gasteiger partial charge in [0.2, 0.25) is 0 Å². The SMILES string of the molecule is N#Cc1cc(Br)ccc1NC1CCN(C(=O)O)CC1. The number of carbonyl (C=O) groups is 1. The fourth-order valence-corrected chi connectivity index (χ4v) is 2.53. The van der Waals surface area contributed by atoms with E-state index in [2.05, 4.69) is 27.3 Å². The molecular weight excluding hydrogens is 310 g/mol. The minimum Gasteiger partial charge on any atom is -0.465 e. The smallest absolute Gasteiger partial charge is 0.407 e. The van der Waals surface area contributed by atoms with Gasteiger partial charge in [0, 0.05) is 23.6 Å². The van der Waals surface area contributed by atoms with Gasteiger partial charge in [-0.1, -0.05) is 15.9 Å². The summed E-state index contributed by atoms with van der Waals surface area (Å²) in [6.07, 6.45) is 0.653. The lowest BCUT2D eigenvalue weighted by Gasteiger charge is -2.31. The summed E-state index contributed by atoms with van der Waals surface area (Å²) in [5.41, 5.74) is 1.40. The highest BCUT2D eigenvalue weighted by molar-refractivity contribution is 9.10. The fourth-order valence-electron chi connectivity index (χ4n) is 2.17. The van der Waals surface area contributed by atoms with Crippen molar-refractivity contribution >= 4 is 27.7 Å². The summed E-state index contributed by atoms with van der Waals surface area (Å²) in [5, 5.41) is 21.3. The van der Waals surface area contributed by atoms with E-state index in [-0.39, 0.29) is 6.04 Å². The van der Waals surface area contributed by atoms with E-state index < -0.39 is 6.09 Å². The molecule has 0 radical (unpaired) electrons. The van der Waals surface area contributed by atoms with Gasteiger partial charge in [0.05, 0.1) is 11.3 Å². The molecule has 2 N–H and O–H groups in total. The van der Waals surface area contributed by atoms with Crippen LogP contribution >= 0.6 is 15.9 Å². The zero-order valence-electron chi connectivity index (χ0n) is 10.3. The van der Waals surface area contributed by atoms with Crippen LogP contribution in [-0.4, -0.2) is 35.2 Å². The number of rotatable bonds is 2. The lowest BCUT2D eigenvalue weighted by Crippen LogP contribution is -2.41. The third-order valence-electron chi connectivity index (χ3n) is 3.23. The van der Waals surface area contributed by atoms with Crippen LogP contribution in [0.1, 0.15) is 18.4 Å². The summed E-state index contributed by atoms with van der Waals surface area (Å²) < 4.78 is 0.871. The molecule has 6 heteroatoms. The predicted octanol–water partition coefficient (Wildman–Crippen LogP) is 2.88. The van der Waals surface area contributed by atoms with Crippen LogP contribution in [0.5, 0.6) is 0 Å². The summed E-state index contributed by atoms with van der Waals surface area (Å²) in [7, 11) is 0. The molecule has 0 spiro atoms. The molecule has 0 saturated carbocycles. The predicted molar refractivity (Wildman–Crippen MR) is 75.1 cm³/mol. The molecule has 1 heterocycles. The number of nitriles is 1. The van der Waals surface area contributed by atoms with Crippen molar-refractivity contribution < 1.29 is 9.90 Å². The number of halogens is 1. The quantitative estimate of drug-likeness (QED) is 0.877. The van der Waals surface area contributed by atoms with Gasteiger partial charge in [-0.15, -0.1) is 0 Å². The molecule has 0 bridgehead atoms. The summed E-state index contributed by atoms with van der Waals surface area (Å²) in [6.45, 7) is 1.07. The van der Waals surface area contributed by atoms with Crippen molar-refractivity contribution in [2.45, 2.75) is 18.9 Å². The maximum Gasteiger partial charge on any atom is 0.407 e. The molecule has 1 aromatic rings. The Hall–Kier alpha value is -1.74. The average molecular weight is 324 g/mol. The van der Waals surface area contributed by atoms with Crippen LogP contribution in [0, 0.1) is 11.3 Å². The Balaban J connectivity index is 2.00. The lowest BCUT2D eigenvalue weighted by atomic mass is 10.0. The standard InChI is InChI=1S/C13H14BrN3O2/c14-10-1-2-12(9(7-10)8-15)16-11-3-5-17(6-4-11)13(18)19/h1-2,7,11,16H,3-6H2,(H,18,19). The van der Waals surface area contributed by atoms with Gasteiger partial charge in [-0.3, -0.25) is 0 Å². The van der Waals surface area contributed by atoms with E-state index in [9.17, 15) is 4.79 Å². The van der Waals surface area contributed by atoms with E-state index in [4.69, 9.17) is 10.4 Å². The van der Waals surface area contributed by atoms with Gasteiger partial charge >= 0.3 is 6.09 Å². The maximum absolute atomic E-state index is 10.8. The van der Waals surface area contributed by atoms with E-state index >= 15 is 0 Å². The van der Waals surface area contributed by atoms with Gasteiger partial charge in [0.25, 0.3) is 0 Å². The summed E-state index contributed by atoms with van der Waals surface area (Å²) in [5.74, 6) is 0. The third-order valence-corrected chi connectivity index (χ3v) is 3.72. The minimum absolute atomic E-state index is 0.212. The summed E-state index contributed by atoms with van der Waals surface area (Å²) in [4.78, 5) is 12.2. The maximum atomic E-state index is 10.8. The van der Waals surface area contributed by atoms with Crippen molar-refractivity contribution in [3.63, 3.8) is 0 Å². The zero-order valence-corrected chi connectivity index (χ0v) is 11.9. The molecule has 1 aromatic carbocycles. The Morgan fingerprint density at radius 1 is 1.47 bits per heavy atom. The average Bonchev–Trinajstić information content (AvgIpc) is 2.41. The van der Waals surface area contributed by atoms with Crippen LogP contribution in [0.15, 0.2) is 22.7 Å². The van der Waals surface area contributed by atoms with Crippen molar-refractivity contribution in [3.8, 4) is 6.07 Å². The Morgan fingerprint density at radius 3 is 2.74 bits per heavy atom. The number of likely N-dealkylation sites (tertiary alicyclic amines) is 1. The summed E-state index contributed by atoms with van der Waals surface area (Å²) in [6, 6.07) is 7.89. The van der Waals surface area contributed by atoms with Crippen molar-refractivity contribution in [1.82, 2.24) is 4.90 Å². The molecule has 2 rings (SSSR count). The molecule has 1 aliphatic heterocycles. The van der Waals surface area contributed by atoms with Crippen LogP contribution in [-0.2, 0) is 0 Å². The van der Waals surface area contributed by atoms with Crippen molar-refractivity contribution in [2.24, 2.45) is 0 Å². The Labute approximate surface area is 120 Å². The lowest BCUT2D eigenvalue weighted by molar-refractivity contribution is 0.134. The molecule has 1 saturated heterocycles. The molecule has 0 unspecified atom stereocenters. The highest BCUT2D eigenvalue weighted by atomic mass is 79.9. The number of carboxylic acid groups (broad SMARTS) is 1. The van der Waals surface area contributed by atoms with E-state index in [1.165, 1.54) is 4.90 Å². The van der Waals surface area contributed by atoms with Gasteiger partial charge in [0.15, 0.2) is 0 Å². The van der Waals surface area contributed by atoms with Crippen LogP contribution in [0.4, 0.5) is 10.5 Å². The second kappa shape index (κ2) is 5.93. The van der Waals surface area contributed by atoms with Crippen LogP contribution in [0.2, 0.25) is 0 Å². The van der Waals surface area contributed by atoms with Crippen molar-refractivity contribution in [2.75, 3.05) is 18.4 Å². The van der Waals surface area contributed by atoms with Gasteiger partial charge in [-0.25, -0.2) is 4.79 Å². The molecule has 1 amide bonds. The van der Waals surface area contributed by atoms with Crippen LogP contribution in [0.25, 0.3) is 0 Å². The number of anilines is 1. The molecule has 0 aromatic heterocycles. The zero-order chi connectivity index (χ0) is 13.8. The molecule has 1 aliphatic rings. The molecule has 0 atom stereocenters. The summed E-state index contributed by atoms with van der Waals surface area (Å²) >= 11 is 3.34.